The molecule has 0 aliphatic rings. The third kappa shape index (κ3) is 15.7. The van der Waals surface area contributed by atoms with Crippen LogP contribution in [-0.2, 0) is 9.53 Å². The molecule has 0 aliphatic heterocycles. The first-order chi connectivity index (χ1) is 10.2. The van der Waals surface area contributed by atoms with Crippen molar-refractivity contribution in [1.29, 1.82) is 0 Å². The van der Waals surface area contributed by atoms with E-state index in [9.17, 15) is 4.79 Å². The molecule has 0 saturated carbocycles. The zero-order chi connectivity index (χ0) is 15.8. The van der Waals surface area contributed by atoms with Gasteiger partial charge in [0, 0.05) is 6.42 Å². The van der Waals surface area contributed by atoms with Crippen molar-refractivity contribution < 1.29 is 9.53 Å². The Balaban J connectivity index is 3.13. The molecule has 1 atom stereocenters. The third-order valence-corrected chi connectivity index (χ3v) is 4.29. The van der Waals surface area contributed by atoms with Gasteiger partial charge in [-0.3, -0.25) is 4.79 Å². The Morgan fingerprint density at radius 3 is 1.67 bits per heavy atom. The number of hydrogen-bond donors (Lipinski definition) is 0. The van der Waals surface area contributed by atoms with Gasteiger partial charge in [0.1, 0.15) is 0 Å². The number of rotatable bonds is 15. The van der Waals surface area contributed by atoms with Crippen molar-refractivity contribution in [3.8, 4) is 0 Å². The van der Waals surface area contributed by atoms with Crippen LogP contribution in [0.1, 0.15) is 104 Å². The second-order valence-electron chi connectivity index (χ2n) is 6.56. The van der Waals surface area contributed by atoms with E-state index in [1.807, 2.05) is 0 Å². The highest BCUT2D eigenvalue weighted by Gasteiger charge is 2.08. The van der Waals surface area contributed by atoms with Crippen LogP contribution >= 0.6 is 0 Å². The molecule has 21 heavy (non-hydrogen) atoms. The van der Waals surface area contributed by atoms with Crippen LogP contribution in [0.4, 0.5) is 0 Å². The van der Waals surface area contributed by atoms with Crippen molar-refractivity contribution in [1.82, 2.24) is 0 Å². The molecule has 2 heteroatoms. The van der Waals surface area contributed by atoms with E-state index >= 15 is 0 Å². The Kier molecular flexibility index (Phi) is 15.5. The Morgan fingerprint density at radius 1 is 0.810 bits per heavy atom. The molecular weight excluding hydrogens is 260 g/mol. The molecule has 0 rings (SSSR count). The monoisotopic (exact) mass is 298 g/mol. The summed E-state index contributed by atoms with van der Waals surface area (Å²) in [4.78, 5) is 11.1. The van der Waals surface area contributed by atoms with E-state index < -0.39 is 0 Å². The molecule has 0 radical (unpaired) electrons. The highest BCUT2D eigenvalue weighted by Crippen LogP contribution is 2.16. The quantitative estimate of drug-likeness (QED) is 0.263. The molecule has 2 nitrogen and oxygen atoms in total. The summed E-state index contributed by atoms with van der Waals surface area (Å²) in [6, 6.07) is 0. The maximum Gasteiger partial charge on any atom is 0.305 e. The number of unbranched alkanes of at least 4 members (excludes halogenated alkanes) is 11. The smallest absolute Gasteiger partial charge is 0.305 e. The van der Waals surface area contributed by atoms with Gasteiger partial charge in [-0.25, -0.2) is 0 Å². The minimum atomic E-state index is -0.0681. The van der Waals surface area contributed by atoms with E-state index in [0.29, 0.717) is 12.3 Å². The summed E-state index contributed by atoms with van der Waals surface area (Å²) >= 11 is 0. The van der Waals surface area contributed by atoms with Crippen LogP contribution in [0, 0.1) is 5.92 Å². The van der Waals surface area contributed by atoms with Gasteiger partial charge < -0.3 is 4.74 Å². The Bertz CT molecular complexity index is 226. The van der Waals surface area contributed by atoms with Crippen molar-refractivity contribution in [3.63, 3.8) is 0 Å². The van der Waals surface area contributed by atoms with Gasteiger partial charge >= 0.3 is 5.97 Å². The van der Waals surface area contributed by atoms with Crippen LogP contribution in [0.25, 0.3) is 0 Å². The SMILES string of the molecule is CCCCCCCCCCCCCC[C@H](C)CC(=O)OC. The van der Waals surface area contributed by atoms with Crippen LogP contribution in [0.15, 0.2) is 0 Å². The molecule has 0 aromatic heterocycles. The molecule has 0 aromatic rings. The summed E-state index contributed by atoms with van der Waals surface area (Å²) in [5, 5.41) is 0. The van der Waals surface area contributed by atoms with Gasteiger partial charge in [-0.05, 0) is 5.92 Å². The summed E-state index contributed by atoms with van der Waals surface area (Å²) in [7, 11) is 1.47. The van der Waals surface area contributed by atoms with Crippen molar-refractivity contribution in [2.75, 3.05) is 7.11 Å². The maximum atomic E-state index is 11.1. The molecule has 126 valence electrons. The van der Waals surface area contributed by atoms with Gasteiger partial charge in [0.15, 0.2) is 0 Å². The summed E-state index contributed by atoms with van der Waals surface area (Å²) in [5.74, 6) is 0.405. The Labute approximate surface area is 133 Å². The third-order valence-electron chi connectivity index (χ3n) is 4.29. The zero-order valence-electron chi connectivity index (χ0n) is 14.8. The van der Waals surface area contributed by atoms with E-state index in [-0.39, 0.29) is 5.97 Å². The predicted molar refractivity (Wildman–Crippen MR) is 91.5 cm³/mol. The van der Waals surface area contributed by atoms with Gasteiger partial charge in [-0.1, -0.05) is 97.3 Å². The van der Waals surface area contributed by atoms with E-state index in [1.165, 1.54) is 84.2 Å². The molecular formula is C19H38O2. The lowest BCUT2D eigenvalue weighted by Crippen LogP contribution is -2.06. The number of carbonyl (C=O) groups excluding carboxylic acids is 1. The summed E-state index contributed by atoms with van der Waals surface area (Å²) < 4.78 is 4.70. The molecule has 0 heterocycles. The van der Waals surface area contributed by atoms with Crippen molar-refractivity contribution in [2.45, 2.75) is 104 Å². The standard InChI is InChI=1S/C19H38O2/c1-4-5-6-7-8-9-10-11-12-13-14-15-16-18(2)17-19(20)21-3/h18H,4-17H2,1-3H3/t18-/m0/s1. The lowest BCUT2D eigenvalue weighted by molar-refractivity contribution is -0.141. The molecule has 0 aliphatic carbocycles. The van der Waals surface area contributed by atoms with E-state index in [2.05, 4.69) is 13.8 Å². The minimum absolute atomic E-state index is 0.0681. The second kappa shape index (κ2) is 15.9. The fourth-order valence-electron chi connectivity index (χ4n) is 2.80. The van der Waals surface area contributed by atoms with Crippen LogP contribution in [0.2, 0.25) is 0 Å². The number of hydrogen-bond acceptors (Lipinski definition) is 2. The van der Waals surface area contributed by atoms with Crippen molar-refractivity contribution in [2.24, 2.45) is 5.92 Å². The first-order valence-electron chi connectivity index (χ1n) is 9.27. The van der Waals surface area contributed by atoms with Crippen LogP contribution in [0.5, 0.6) is 0 Å². The normalized spacial score (nSPS) is 12.3. The first kappa shape index (κ1) is 20.5. The molecule has 0 N–H and O–H groups in total. The minimum Gasteiger partial charge on any atom is -0.469 e. The van der Waals surface area contributed by atoms with Gasteiger partial charge in [0.2, 0.25) is 0 Å². The molecule has 0 fully saturated rings. The summed E-state index contributed by atoms with van der Waals surface area (Å²) in [6.07, 6.45) is 18.4. The van der Waals surface area contributed by atoms with Gasteiger partial charge in [0.25, 0.3) is 0 Å². The summed E-state index contributed by atoms with van der Waals surface area (Å²) in [5.41, 5.74) is 0. The van der Waals surface area contributed by atoms with Gasteiger partial charge in [-0.2, -0.15) is 0 Å². The fourth-order valence-corrected chi connectivity index (χ4v) is 2.80. The van der Waals surface area contributed by atoms with Crippen LogP contribution < -0.4 is 0 Å². The summed E-state index contributed by atoms with van der Waals surface area (Å²) in [6.45, 7) is 4.42. The van der Waals surface area contributed by atoms with Gasteiger partial charge in [-0.15, -0.1) is 0 Å². The largest absolute Gasteiger partial charge is 0.469 e. The molecule has 0 bridgehead atoms. The van der Waals surface area contributed by atoms with Crippen LogP contribution in [0.3, 0.4) is 0 Å². The highest BCUT2D eigenvalue weighted by molar-refractivity contribution is 5.69. The molecule has 0 unspecified atom stereocenters. The lowest BCUT2D eigenvalue weighted by Gasteiger charge is -2.09. The number of esters is 1. The molecule has 0 aromatic carbocycles. The molecule has 0 spiro atoms. The zero-order valence-corrected chi connectivity index (χ0v) is 14.8. The topological polar surface area (TPSA) is 26.3 Å². The molecule has 0 amide bonds. The fraction of sp³-hybridized carbons (Fsp3) is 0.947. The average Bonchev–Trinajstić information content (AvgIpc) is 2.48. The van der Waals surface area contributed by atoms with E-state index in [1.54, 1.807) is 0 Å². The first-order valence-corrected chi connectivity index (χ1v) is 9.27. The second-order valence-corrected chi connectivity index (χ2v) is 6.56. The van der Waals surface area contributed by atoms with Crippen LogP contribution in [-0.4, -0.2) is 13.1 Å². The van der Waals surface area contributed by atoms with E-state index in [4.69, 9.17) is 4.74 Å². The number of carbonyl (C=O) groups is 1. The molecule has 0 saturated heterocycles. The highest BCUT2D eigenvalue weighted by atomic mass is 16.5. The Morgan fingerprint density at radius 2 is 1.24 bits per heavy atom. The number of methoxy groups -OCH3 is 1. The van der Waals surface area contributed by atoms with Gasteiger partial charge in [0.05, 0.1) is 7.11 Å². The Hall–Kier alpha value is -0.530. The predicted octanol–water partition coefficient (Wildman–Crippen LogP) is 6.28. The van der Waals surface area contributed by atoms with E-state index in [0.717, 1.165) is 6.42 Å². The van der Waals surface area contributed by atoms with Crippen molar-refractivity contribution >= 4 is 5.97 Å². The maximum absolute atomic E-state index is 11.1. The number of ether oxygens (including phenoxy) is 1. The van der Waals surface area contributed by atoms with Crippen molar-refractivity contribution in [3.05, 3.63) is 0 Å². The lowest BCUT2D eigenvalue weighted by atomic mass is 9.99. The average molecular weight is 299 g/mol.